The third-order valence-corrected chi connectivity index (χ3v) is 8.99. The number of carboxylic acid groups (broad SMARTS) is 1. The molecule has 0 bridgehead atoms. The van der Waals surface area contributed by atoms with Gasteiger partial charge in [0, 0.05) is 17.4 Å². The number of hydrogen-bond acceptors (Lipinski definition) is 6. The number of ether oxygens (including phenoxy) is 1. The summed E-state index contributed by atoms with van der Waals surface area (Å²) in [5.74, 6) is 5.70. The Morgan fingerprint density at radius 1 is 1.10 bits per heavy atom. The number of carbonyl (C=O) groups excluding carboxylic acids is 2. The molecular formula is C31H46N2O5S. The normalized spacial score (nSPS) is 24.4. The SMILES string of the molecule is CC1CCC(C(=O)N(c2cc(C#CC(C)(C)C)sc2C(=O)O)C2CCC(COC(=O)[C@H](N)C(C)C)CC2)CC1. The number of rotatable bonds is 8. The summed E-state index contributed by atoms with van der Waals surface area (Å²) >= 11 is 1.15. The third-order valence-electron chi connectivity index (χ3n) is 7.96. The van der Waals surface area contributed by atoms with E-state index in [4.69, 9.17) is 10.5 Å². The van der Waals surface area contributed by atoms with Crippen molar-refractivity contribution in [3.8, 4) is 11.8 Å². The molecule has 1 aromatic rings. The number of anilines is 1. The molecule has 7 nitrogen and oxygen atoms in total. The second-order valence-corrected chi connectivity index (χ2v) is 13.9. The monoisotopic (exact) mass is 558 g/mol. The van der Waals surface area contributed by atoms with Crippen molar-refractivity contribution in [1.29, 1.82) is 0 Å². The number of esters is 1. The van der Waals surface area contributed by atoms with E-state index in [-0.39, 0.29) is 46.0 Å². The summed E-state index contributed by atoms with van der Waals surface area (Å²) in [6.45, 7) is 12.4. The summed E-state index contributed by atoms with van der Waals surface area (Å²) in [5.41, 5.74) is 6.18. The van der Waals surface area contributed by atoms with Gasteiger partial charge in [0.15, 0.2) is 0 Å². The van der Waals surface area contributed by atoms with Gasteiger partial charge in [-0.15, -0.1) is 11.3 Å². The zero-order valence-electron chi connectivity index (χ0n) is 24.4. The Bertz CT molecular complexity index is 1080. The van der Waals surface area contributed by atoms with E-state index in [0.29, 0.717) is 23.1 Å². The molecule has 216 valence electrons. The fourth-order valence-corrected chi connectivity index (χ4v) is 6.20. The molecule has 0 unspecified atom stereocenters. The summed E-state index contributed by atoms with van der Waals surface area (Å²) in [6.07, 6.45) is 6.74. The zero-order valence-corrected chi connectivity index (χ0v) is 25.2. The van der Waals surface area contributed by atoms with Gasteiger partial charge < -0.3 is 20.5 Å². The smallest absolute Gasteiger partial charge is 0.348 e. The standard InChI is InChI=1S/C31H46N2O5S/c1-19(2)26(32)30(37)38-18-21-9-13-23(14-10-21)33(28(34)22-11-7-20(3)8-12-22)25-17-24(15-16-31(4,5)6)39-27(25)29(35)36/h17,19-23,26H,7-14,18,32H2,1-6H3,(H,35,36)/t20?,21?,22?,23?,26-/m1/s1. The maximum absolute atomic E-state index is 14.1. The van der Waals surface area contributed by atoms with Gasteiger partial charge in [-0.1, -0.05) is 32.6 Å². The predicted molar refractivity (Wildman–Crippen MR) is 156 cm³/mol. The molecule has 2 aliphatic rings. The average Bonchev–Trinajstić information content (AvgIpc) is 3.30. The van der Waals surface area contributed by atoms with Crippen LogP contribution < -0.4 is 10.6 Å². The molecule has 2 saturated carbocycles. The molecule has 1 atom stereocenters. The van der Waals surface area contributed by atoms with E-state index in [0.717, 1.165) is 62.7 Å². The van der Waals surface area contributed by atoms with E-state index >= 15 is 0 Å². The van der Waals surface area contributed by atoms with Crippen LogP contribution in [-0.4, -0.2) is 41.6 Å². The van der Waals surface area contributed by atoms with Crippen molar-refractivity contribution in [3.05, 3.63) is 15.8 Å². The molecule has 1 heterocycles. The molecule has 1 aromatic heterocycles. The average molecular weight is 559 g/mol. The van der Waals surface area contributed by atoms with Crippen molar-refractivity contribution in [1.82, 2.24) is 0 Å². The Morgan fingerprint density at radius 3 is 2.26 bits per heavy atom. The molecule has 0 radical (unpaired) electrons. The summed E-state index contributed by atoms with van der Waals surface area (Å²) < 4.78 is 5.51. The number of carboxylic acids is 1. The molecule has 2 aliphatic carbocycles. The molecule has 8 heteroatoms. The van der Waals surface area contributed by atoms with E-state index in [2.05, 4.69) is 18.8 Å². The minimum absolute atomic E-state index is 0.0163. The molecule has 0 spiro atoms. The minimum atomic E-state index is -1.03. The van der Waals surface area contributed by atoms with Crippen molar-refractivity contribution >= 4 is 34.9 Å². The van der Waals surface area contributed by atoms with E-state index < -0.39 is 12.0 Å². The topological polar surface area (TPSA) is 110 Å². The van der Waals surface area contributed by atoms with E-state index in [1.54, 1.807) is 11.0 Å². The van der Waals surface area contributed by atoms with Crippen LogP contribution in [0.3, 0.4) is 0 Å². The number of thiophene rings is 1. The fourth-order valence-electron chi connectivity index (χ4n) is 5.36. The highest BCUT2D eigenvalue weighted by Crippen LogP contribution is 2.39. The lowest BCUT2D eigenvalue weighted by Crippen LogP contribution is -2.47. The molecular weight excluding hydrogens is 512 g/mol. The largest absolute Gasteiger partial charge is 0.477 e. The number of amides is 1. The van der Waals surface area contributed by atoms with Gasteiger partial charge in [0.1, 0.15) is 10.9 Å². The molecule has 0 aliphatic heterocycles. The van der Waals surface area contributed by atoms with Gasteiger partial charge in [0.25, 0.3) is 0 Å². The number of nitrogens with zero attached hydrogens (tertiary/aromatic N) is 1. The number of aromatic carboxylic acids is 1. The molecule has 0 saturated heterocycles. The first-order valence-corrected chi connectivity index (χ1v) is 15.2. The lowest BCUT2D eigenvalue weighted by atomic mass is 9.81. The first-order chi connectivity index (χ1) is 18.3. The first-order valence-electron chi connectivity index (χ1n) is 14.4. The summed E-state index contributed by atoms with van der Waals surface area (Å²) in [7, 11) is 0. The lowest BCUT2D eigenvalue weighted by Gasteiger charge is -2.39. The summed E-state index contributed by atoms with van der Waals surface area (Å²) in [4.78, 5) is 41.3. The Balaban J connectivity index is 1.83. The summed E-state index contributed by atoms with van der Waals surface area (Å²) in [5, 5.41) is 10.1. The van der Waals surface area contributed by atoms with E-state index in [1.165, 1.54) is 0 Å². The van der Waals surface area contributed by atoms with Crippen molar-refractivity contribution in [2.45, 2.75) is 105 Å². The van der Waals surface area contributed by atoms with Crippen molar-refractivity contribution in [2.24, 2.45) is 34.8 Å². The fraction of sp³-hybridized carbons (Fsp3) is 0.710. The zero-order chi connectivity index (χ0) is 28.9. The quantitative estimate of drug-likeness (QED) is 0.295. The number of nitrogens with two attached hydrogens (primary N) is 1. The molecule has 3 rings (SSSR count). The van der Waals surface area contributed by atoms with Crippen LogP contribution in [0, 0.1) is 40.9 Å². The van der Waals surface area contributed by atoms with Crippen LogP contribution in [0.2, 0.25) is 0 Å². The Labute approximate surface area is 237 Å². The minimum Gasteiger partial charge on any atom is -0.477 e. The van der Waals surface area contributed by atoms with Gasteiger partial charge >= 0.3 is 11.9 Å². The van der Waals surface area contributed by atoms with Gasteiger partial charge in [-0.25, -0.2) is 4.79 Å². The Kier molecular flexibility index (Phi) is 10.6. The predicted octanol–water partition coefficient (Wildman–Crippen LogP) is 6.09. The highest BCUT2D eigenvalue weighted by atomic mass is 32.1. The van der Waals surface area contributed by atoms with Crippen LogP contribution in [0.15, 0.2) is 6.07 Å². The molecule has 1 amide bonds. The maximum Gasteiger partial charge on any atom is 0.348 e. The van der Waals surface area contributed by atoms with Crippen molar-refractivity contribution in [2.75, 3.05) is 11.5 Å². The number of carbonyl (C=O) groups is 3. The second-order valence-electron chi connectivity index (χ2n) is 12.9. The number of hydrogen-bond donors (Lipinski definition) is 2. The van der Waals surface area contributed by atoms with Crippen LogP contribution in [0.5, 0.6) is 0 Å². The molecule has 0 aromatic carbocycles. The molecule has 2 fully saturated rings. The summed E-state index contributed by atoms with van der Waals surface area (Å²) in [6, 6.07) is 1.08. The molecule has 39 heavy (non-hydrogen) atoms. The van der Waals surface area contributed by atoms with Crippen LogP contribution in [0.25, 0.3) is 0 Å². The van der Waals surface area contributed by atoms with Crippen molar-refractivity contribution in [3.63, 3.8) is 0 Å². The Hall–Kier alpha value is -2.37. The van der Waals surface area contributed by atoms with Crippen molar-refractivity contribution < 1.29 is 24.2 Å². The van der Waals surface area contributed by atoms with Crippen LogP contribution in [0.1, 0.15) is 107 Å². The van der Waals surface area contributed by atoms with Gasteiger partial charge in [0.05, 0.1) is 17.2 Å². The van der Waals surface area contributed by atoms with Gasteiger partial charge in [-0.2, -0.15) is 0 Å². The highest BCUT2D eigenvalue weighted by Gasteiger charge is 2.37. The maximum atomic E-state index is 14.1. The van der Waals surface area contributed by atoms with Gasteiger partial charge in [-0.3, -0.25) is 9.59 Å². The van der Waals surface area contributed by atoms with E-state index in [9.17, 15) is 19.5 Å². The van der Waals surface area contributed by atoms with Gasteiger partial charge in [0.2, 0.25) is 5.91 Å². The second kappa shape index (κ2) is 13.3. The molecule has 3 N–H and O–H groups in total. The third kappa shape index (κ3) is 8.56. The van der Waals surface area contributed by atoms with Gasteiger partial charge in [-0.05, 0) is 96.0 Å². The highest BCUT2D eigenvalue weighted by molar-refractivity contribution is 7.15. The van der Waals surface area contributed by atoms with Crippen LogP contribution in [-0.2, 0) is 14.3 Å². The first kappa shape index (κ1) is 31.2. The lowest BCUT2D eigenvalue weighted by molar-refractivity contribution is -0.148. The Morgan fingerprint density at radius 2 is 1.72 bits per heavy atom. The van der Waals surface area contributed by atoms with Crippen LogP contribution in [0.4, 0.5) is 5.69 Å². The van der Waals surface area contributed by atoms with E-state index in [1.807, 2.05) is 34.6 Å². The van der Waals surface area contributed by atoms with Crippen LogP contribution >= 0.6 is 11.3 Å².